The number of hydrogen-bond acceptors (Lipinski definition) is 5. The second-order valence-corrected chi connectivity index (χ2v) is 8.06. The number of anilines is 3. The van der Waals surface area contributed by atoms with E-state index in [9.17, 15) is 18.0 Å². The first-order valence-electron chi connectivity index (χ1n) is 10.9. The minimum absolute atomic E-state index is 0.0508. The zero-order valence-electron chi connectivity index (χ0n) is 18.9. The third kappa shape index (κ3) is 4.74. The number of pyridine rings is 1. The molecular formula is C26H19F3N6O. The van der Waals surface area contributed by atoms with Gasteiger partial charge in [0.1, 0.15) is 0 Å². The summed E-state index contributed by atoms with van der Waals surface area (Å²) >= 11 is 0. The summed E-state index contributed by atoms with van der Waals surface area (Å²) in [7, 11) is 0. The van der Waals surface area contributed by atoms with Crippen molar-refractivity contribution in [2.45, 2.75) is 13.1 Å². The molecule has 0 saturated heterocycles. The molecule has 36 heavy (non-hydrogen) atoms. The Morgan fingerprint density at radius 1 is 1.03 bits per heavy atom. The molecule has 2 N–H and O–H groups in total. The maximum absolute atomic E-state index is 13.0. The second kappa shape index (κ2) is 9.14. The Kier molecular flexibility index (Phi) is 5.85. The zero-order chi connectivity index (χ0) is 25.3. The molecule has 0 aliphatic rings. The van der Waals surface area contributed by atoms with Gasteiger partial charge in [0.2, 0.25) is 0 Å². The normalized spacial score (nSPS) is 11.4. The number of aromatic nitrogens is 4. The topological polar surface area (TPSA) is 84.2 Å². The van der Waals surface area contributed by atoms with Gasteiger partial charge in [-0.15, -0.1) is 0 Å². The van der Waals surface area contributed by atoms with Gasteiger partial charge in [0.15, 0.2) is 11.5 Å². The Morgan fingerprint density at radius 2 is 1.89 bits per heavy atom. The summed E-state index contributed by atoms with van der Waals surface area (Å²) in [4.78, 5) is 26.1. The third-order valence-electron chi connectivity index (χ3n) is 5.53. The number of amides is 1. The Bertz CT molecular complexity index is 1560. The van der Waals surface area contributed by atoms with Crippen LogP contribution in [0.25, 0.3) is 16.9 Å². The molecule has 0 atom stereocenters. The maximum Gasteiger partial charge on any atom is 0.416 e. The highest BCUT2D eigenvalue weighted by Gasteiger charge is 2.30. The van der Waals surface area contributed by atoms with E-state index in [2.05, 4.69) is 20.6 Å². The molecule has 2 aromatic carbocycles. The number of carbonyl (C=O) groups excluding carboxylic acids is 1. The van der Waals surface area contributed by atoms with Gasteiger partial charge >= 0.3 is 6.18 Å². The maximum atomic E-state index is 13.0. The van der Waals surface area contributed by atoms with Crippen LogP contribution in [0.3, 0.4) is 0 Å². The molecule has 3 aromatic heterocycles. The lowest BCUT2D eigenvalue weighted by atomic mass is 10.1. The van der Waals surface area contributed by atoms with Crippen LogP contribution in [0, 0.1) is 6.92 Å². The van der Waals surface area contributed by atoms with E-state index in [0.29, 0.717) is 22.8 Å². The highest BCUT2D eigenvalue weighted by Crippen LogP contribution is 2.31. The predicted molar refractivity (Wildman–Crippen MR) is 130 cm³/mol. The molecule has 0 bridgehead atoms. The number of aryl methyl sites for hydroxylation is 1. The molecule has 5 aromatic rings. The number of halogens is 3. The Hall–Kier alpha value is -4.73. The lowest BCUT2D eigenvalue weighted by Crippen LogP contribution is -2.13. The number of nitrogens with one attached hydrogen (secondary N) is 2. The first-order valence-corrected chi connectivity index (χ1v) is 10.9. The molecule has 0 unspecified atom stereocenters. The molecule has 7 nitrogen and oxygen atoms in total. The molecule has 0 radical (unpaired) electrons. The van der Waals surface area contributed by atoms with E-state index in [4.69, 9.17) is 4.98 Å². The highest BCUT2D eigenvalue weighted by molar-refractivity contribution is 6.05. The van der Waals surface area contributed by atoms with E-state index < -0.39 is 17.6 Å². The number of imidazole rings is 1. The zero-order valence-corrected chi connectivity index (χ0v) is 18.9. The lowest BCUT2D eigenvalue weighted by molar-refractivity contribution is -0.137. The Morgan fingerprint density at radius 3 is 2.67 bits per heavy atom. The van der Waals surface area contributed by atoms with E-state index >= 15 is 0 Å². The van der Waals surface area contributed by atoms with Crippen molar-refractivity contribution in [3.8, 4) is 11.3 Å². The third-order valence-corrected chi connectivity index (χ3v) is 5.53. The van der Waals surface area contributed by atoms with Crippen molar-refractivity contribution in [1.29, 1.82) is 0 Å². The van der Waals surface area contributed by atoms with E-state index in [0.717, 1.165) is 23.3 Å². The largest absolute Gasteiger partial charge is 0.416 e. The number of rotatable bonds is 5. The number of hydrogen-bond donors (Lipinski definition) is 2. The molecule has 0 saturated carbocycles. The van der Waals surface area contributed by atoms with E-state index in [1.165, 1.54) is 12.1 Å². The minimum atomic E-state index is -4.50. The summed E-state index contributed by atoms with van der Waals surface area (Å²) in [6.45, 7) is 1.87. The van der Waals surface area contributed by atoms with Gasteiger partial charge in [-0.1, -0.05) is 12.1 Å². The standard InChI is InChI=1S/C26H19F3N6O/c1-16-7-8-17(25(36)32-20-6-2-5-19(13-20)26(27,28)29)12-21(16)33-23-24-31-10-11-35(24)15-22(34-23)18-4-3-9-30-14-18/h2-15H,1H3,(H,32,36)(H,33,34). The predicted octanol–water partition coefficient (Wildman–Crippen LogP) is 6.11. The number of alkyl halides is 3. The molecule has 10 heteroatoms. The molecule has 1 amide bonds. The summed E-state index contributed by atoms with van der Waals surface area (Å²) in [6.07, 6.45) is 4.18. The Labute approximate surface area is 203 Å². The van der Waals surface area contributed by atoms with Crippen molar-refractivity contribution in [3.05, 3.63) is 102 Å². The molecule has 0 fully saturated rings. The van der Waals surface area contributed by atoms with E-state index in [1.54, 1.807) is 43.0 Å². The van der Waals surface area contributed by atoms with Gasteiger partial charge in [-0.05, 0) is 55.0 Å². The fourth-order valence-corrected chi connectivity index (χ4v) is 3.67. The van der Waals surface area contributed by atoms with Crippen molar-refractivity contribution < 1.29 is 18.0 Å². The van der Waals surface area contributed by atoms with Gasteiger partial charge in [-0.25, -0.2) is 9.97 Å². The monoisotopic (exact) mass is 488 g/mol. The average Bonchev–Trinajstić information content (AvgIpc) is 3.35. The van der Waals surface area contributed by atoms with Crippen LogP contribution in [0.15, 0.2) is 85.6 Å². The van der Waals surface area contributed by atoms with Crippen LogP contribution < -0.4 is 10.6 Å². The quantitative estimate of drug-likeness (QED) is 0.312. The van der Waals surface area contributed by atoms with Crippen LogP contribution >= 0.6 is 0 Å². The summed E-state index contributed by atoms with van der Waals surface area (Å²) in [5.41, 5.74) is 3.00. The van der Waals surface area contributed by atoms with Gasteiger partial charge < -0.3 is 15.0 Å². The lowest BCUT2D eigenvalue weighted by Gasteiger charge is -2.14. The van der Waals surface area contributed by atoms with Crippen LogP contribution in [0.1, 0.15) is 21.5 Å². The molecule has 180 valence electrons. The summed E-state index contributed by atoms with van der Waals surface area (Å²) < 4.78 is 40.9. The van der Waals surface area contributed by atoms with Gasteiger partial charge in [0.05, 0.1) is 11.3 Å². The van der Waals surface area contributed by atoms with Crippen molar-refractivity contribution in [3.63, 3.8) is 0 Å². The van der Waals surface area contributed by atoms with Crippen LogP contribution in [0.5, 0.6) is 0 Å². The van der Waals surface area contributed by atoms with Crippen molar-refractivity contribution in [2.75, 3.05) is 10.6 Å². The number of benzene rings is 2. The van der Waals surface area contributed by atoms with Gasteiger partial charge in [-0.3, -0.25) is 9.78 Å². The van der Waals surface area contributed by atoms with Crippen LogP contribution in [-0.2, 0) is 6.18 Å². The first-order chi connectivity index (χ1) is 17.3. The first kappa shape index (κ1) is 23.0. The number of fused-ring (bicyclic) bond motifs is 1. The molecular weight excluding hydrogens is 469 g/mol. The smallest absolute Gasteiger partial charge is 0.337 e. The van der Waals surface area contributed by atoms with Gasteiger partial charge in [0.25, 0.3) is 5.91 Å². The fraction of sp³-hybridized carbons (Fsp3) is 0.0769. The molecule has 0 aliphatic heterocycles. The van der Waals surface area contributed by atoms with Crippen molar-refractivity contribution in [2.24, 2.45) is 0 Å². The Balaban J connectivity index is 1.45. The van der Waals surface area contributed by atoms with Crippen molar-refractivity contribution in [1.82, 2.24) is 19.4 Å². The van der Waals surface area contributed by atoms with Crippen LogP contribution in [0.4, 0.5) is 30.4 Å². The van der Waals surface area contributed by atoms with E-state index in [-0.39, 0.29) is 11.3 Å². The molecule has 0 aliphatic carbocycles. The number of nitrogens with zero attached hydrogens (tertiary/aromatic N) is 4. The summed E-state index contributed by atoms with van der Waals surface area (Å²) in [5.74, 6) is -0.0692. The van der Waals surface area contributed by atoms with Crippen molar-refractivity contribution >= 4 is 28.7 Å². The SMILES string of the molecule is Cc1ccc(C(=O)Nc2cccc(C(F)(F)F)c2)cc1Nc1nc(-c2cccnc2)cn2ccnc12. The average molecular weight is 488 g/mol. The minimum Gasteiger partial charge on any atom is -0.337 e. The highest BCUT2D eigenvalue weighted by atomic mass is 19.4. The molecule has 0 spiro atoms. The van der Waals surface area contributed by atoms with Crippen LogP contribution in [-0.4, -0.2) is 25.3 Å². The number of carbonyl (C=O) groups is 1. The van der Waals surface area contributed by atoms with Gasteiger partial charge in [0, 0.05) is 53.5 Å². The van der Waals surface area contributed by atoms with Gasteiger partial charge in [-0.2, -0.15) is 13.2 Å². The summed E-state index contributed by atoms with van der Waals surface area (Å²) in [5, 5.41) is 5.79. The fourth-order valence-electron chi connectivity index (χ4n) is 3.67. The summed E-state index contributed by atoms with van der Waals surface area (Å²) in [6, 6.07) is 13.2. The van der Waals surface area contributed by atoms with Crippen LogP contribution in [0.2, 0.25) is 0 Å². The molecule has 5 rings (SSSR count). The second-order valence-electron chi connectivity index (χ2n) is 8.06. The molecule has 3 heterocycles. The van der Waals surface area contributed by atoms with E-state index in [1.807, 2.05) is 29.7 Å².